The van der Waals surface area contributed by atoms with Crippen molar-refractivity contribution >= 4 is 11.9 Å². The molecule has 2 aliphatic heterocycles. The minimum Gasteiger partial charge on any atom is -0.493 e. The molecule has 0 bridgehead atoms. The van der Waals surface area contributed by atoms with Crippen LogP contribution in [0.4, 0.5) is 0 Å². The van der Waals surface area contributed by atoms with Crippen LogP contribution in [0.5, 0.6) is 5.75 Å². The van der Waals surface area contributed by atoms with Gasteiger partial charge in [0, 0.05) is 56.8 Å². The molecule has 0 unspecified atom stereocenters. The SMILES string of the molecule is CCCCN(CCCCN)C(=O)CN1C[C@H](c2ccc3c(c2)CCO3)[C@@H](C(=O)O)[C@@H]1CCc1ncccn1. The standard InChI is InChI=1S/C29H41N5O4/c1-2-3-15-33(16-5-4-12-30)27(35)20-34-19-23(21-7-9-25-22(18-21)11-17-38-25)28(29(36)37)24(34)8-10-26-31-13-6-14-32-26/h6-7,9,13-14,18,23-24,28H,2-5,8,10-12,15-17,19-20,30H2,1H3,(H,36,37)/t23-,24+,28-/m1/s1. The van der Waals surface area contributed by atoms with Crippen LogP contribution in [0.1, 0.15) is 61.9 Å². The van der Waals surface area contributed by atoms with E-state index in [2.05, 4.69) is 27.9 Å². The molecule has 2 aromatic rings. The van der Waals surface area contributed by atoms with Crippen molar-refractivity contribution in [3.05, 3.63) is 53.6 Å². The number of hydrogen-bond acceptors (Lipinski definition) is 7. The molecular weight excluding hydrogens is 482 g/mol. The first kappa shape index (κ1) is 28.0. The molecule has 9 heteroatoms. The highest BCUT2D eigenvalue weighted by atomic mass is 16.5. The molecule has 1 aromatic heterocycles. The molecule has 4 rings (SSSR count). The van der Waals surface area contributed by atoms with Gasteiger partial charge in [0.05, 0.1) is 19.1 Å². The zero-order chi connectivity index (χ0) is 26.9. The normalized spacial score (nSPS) is 20.7. The number of aromatic nitrogens is 2. The Labute approximate surface area is 225 Å². The Bertz CT molecular complexity index is 1070. The number of ether oxygens (including phenoxy) is 1. The fourth-order valence-electron chi connectivity index (χ4n) is 5.79. The third kappa shape index (κ3) is 6.88. The first-order valence-corrected chi connectivity index (χ1v) is 14.0. The third-order valence-electron chi connectivity index (χ3n) is 7.81. The molecule has 9 nitrogen and oxygen atoms in total. The molecule has 3 heterocycles. The summed E-state index contributed by atoms with van der Waals surface area (Å²) >= 11 is 0. The fraction of sp³-hybridized carbons (Fsp3) is 0.586. The van der Waals surface area contributed by atoms with Crippen LogP contribution >= 0.6 is 0 Å². The topological polar surface area (TPSA) is 122 Å². The van der Waals surface area contributed by atoms with Gasteiger partial charge in [0.2, 0.25) is 5.91 Å². The number of carboxylic acids is 1. The van der Waals surface area contributed by atoms with Crippen LogP contribution in [0.3, 0.4) is 0 Å². The van der Waals surface area contributed by atoms with Crippen molar-refractivity contribution in [1.29, 1.82) is 0 Å². The van der Waals surface area contributed by atoms with Crippen molar-refractivity contribution in [3.8, 4) is 5.75 Å². The summed E-state index contributed by atoms with van der Waals surface area (Å²) in [5.41, 5.74) is 7.81. The Balaban J connectivity index is 1.57. The van der Waals surface area contributed by atoms with Gasteiger partial charge in [0.15, 0.2) is 0 Å². The molecule has 38 heavy (non-hydrogen) atoms. The molecule has 1 amide bonds. The molecule has 1 fully saturated rings. The molecule has 3 atom stereocenters. The Kier molecular flexibility index (Phi) is 10.1. The van der Waals surface area contributed by atoms with Gasteiger partial charge in [-0.1, -0.05) is 25.5 Å². The van der Waals surface area contributed by atoms with Crippen LogP contribution < -0.4 is 10.5 Å². The maximum atomic E-state index is 13.6. The van der Waals surface area contributed by atoms with Crippen LogP contribution in [0.15, 0.2) is 36.7 Å². The maximum absolute atomic E-state index is 13.6. The number of nitrogens with zero attached hydrogens (tertiary/aromatic N) is 4. The van der Waals surface area contributed by atoms with Crippen molar-refractivity contribution in [2.45, 2.75) is 63.8 Å². The lowest BCUT2D eigenvalue weighted by molar-refractivity contribution is -0.143. The Morgan fingerprint density at radius 1 is 1.18 bits per heavy atom. The van der Waals surface area contributed by atoms with E-state index in [1.54, 1.807) is 18.5 Å². The van der Waals surface area contributed by atoms with E-state index in [9.17, 15) is 14.7 Å². The summed E-state index contributed by atoms with van der Waals surface area (Å²) in [5.74, 6) is -0.0441. The molecule has 1 aromatic carbocycles. The number of rotatable bonds is 14. The molecular formula is C29H41N5O4. The summed E-state index contributed by atoms with van der Waals surface area (Å²) in [6.45, 7) is 5.52. The van der Waals surface area contributed by atoms with Crippen LogP contribution in [0.25, 0.3) is 0 Å². The van der Waals surface area contributed by atoms with Gasteiger partial charge in [-0.15, -0.1) is 0 Å². The lowest BCUT2D eigenvalue weighted by atomic mass is 9.83. The Morgan fingerprint density at radius 3 is 2.71 bits per heavy atom. The predicted molar refractivity (Wildman–Crippen MR) is 145 cm³/mol. The van der Waals surface area contributed by atoms with Crippen molar-refractivity contribution in [1.82, 2.24) is 19.8 Å². The molecule has 0 radical (unpaired) electrons. The van der Waals surface area contributed by atoms with Gasteiger partial charge in [0.25, 0.3) is 0 Å². The highest BCUT2D eigenvalue weighted by Gasteiger charge is 2.47. The number of hydrogen-bond donors (Lipinski definition) is 2. The summed E-state index contributed by atoms with van der Waals surface area (Å²) in [6.07, 6.45) is 9.07. The second-order valence-corrected chi connectivity index (χ2v) is 10.4. The molecule has 2 aliphatic rings. The lowest BCUT2D eigenvalue weighted by Gasteiger charge is -2.29. The van der Waals surface area contributed by atoms with Gasteiger partial charge in [-0.05, 0) is 55.5 Å². The average Bonchev–Trinajstić information content (AvgIpc) is 3.54. The van der Waals surface area contributed by atoms with Crippen molar-refractivity contribution in [3.63, 3.8) is 0 Å². The van der Waals surface area contributed by atoms with E-state index in [1.165, 1.54) is 0 Å². The number of fused-ring (bicyclic) bond motifs is 1. The van der Waals surface area contributed by atoms with E-state index < -0.39 is 11.9 Å². The summed E-state index contributed by atoms with van der Waals surface area (Å²) in [5, 5.41) is 10.4. The van der Waals surface area contributed by atoms with Gasteiger partial charge in [0.1, 0.15) is 11.6 Å². The largest absolute Gasteiger partial charge is 0.493 e. The Hall–Kier alpha value is -3.04. The number of likely N-dealkylation sites (tertiary alicyclic amines) is 1. The van der Waals surface area contributed by atoms with Crippen LogP contribution in [-0.4, -0.2) is 82.1 Å². The first-order valence-electron chi connectivity index (χ1n) is 14.0. The van der Waals surface area contributed by atoms with Crippen LogP contribution in [-0.2, 0) is 22.4 Å². The lowest BCUT2D eigenvalue weighted by Crippen LogP contribution is -2.45. The molecule has 3 N–H and O–H groups in total. The highest BCUT2D eigenvalue weighted by Crippen LogP contribution is 2.41. The van der Waals surface area contributed by atoms with Gasteiger partial charge in [-0.2, -0.15) is 0 Å². The zero-order valence-electron chi connectivity index (χ0n) is 22.4. The fourth-order valence-corrected chi connectivity index (χ4v) is 5.79. The van der Waals surface area contributed by atoms with Crippen LogP contribution in [0.2, 0.25) is 0 Å². The minimum absolute atomic E-state index is 0.0589. The minimum atomic E-state index is -0.827. The van der Waals surface area contributed by atoms with Crippen LogP contribution in [0, 0.1) is 5.92 Å². The highest BCUT2D eigenvalue weighted by molar-refractivity contribution is 5.79. The van der Waals surface area contributed by atoms with Gasteiger partial charge in [-0.3, -0.25) is 14.5 Å². The monoisotopic (exact) mass is 523 g/mol. The number of aryl methyl sites for hydroxylation is 1. The number of carbonyl (C=O) groups is 2. The molecule has 1 saturated heterocycles. The van der Waals surface area contributed by atoms with Crippen molar-refractivity contribution in [2.75, 3.05) is 39.3 Å². The summed E-state index contributed by atoms with van der Waals surface area (Å²) in [4.78, 5) is 39.0. The zero-order valence-corrected chi connectivity index (χ0v) is 22.4. The maximum Gasteiger partial charge on any atom is 0.308 e. The summed E-state index contributed by atoms with van der Waals surface area (Å²) in [6, 6.07) is 7.53. The van der Waals surface area contributed by atoms with Crippen molar-refractivity contribution < 1.29 is 19.4 Å². The van der Waals surface area contributed by atoms with E-state index in [0.29, 0.717) is 51.5 Å². The van der Waals surface area contributed by atoms with E-state index in [4.69, 9.17) is 10.5 Å². The number of carbonyl (C=O) groups excluding carboxylic acids is 1. The van der Waals surface area contributed by atoms with Crippen molar-refractivity contribution in [2.24, 2.45) is 11.7 Å². The average molecular weight is 524 g/mol. The van der Waals surface area contributed by atoms with E-state index >= 15 is 0 Å². The van der Waals surface area contributed by atoms with Gasteiger partial charge >= 0.3 is 5.97 Å². The number of carboxylic acid groups (broad SMARTS) is 1. The smallest absolute Gasteiger partial charge is 0.308 e. The van der Waals surface area contributed by atoms with E-state index in [0.717, 1.165) is 49.0 Å². The second kappa shape index (κ2) is 13.7. The van der Waals surface area contributed by atoms with Gasteiger partial charge < -0.3 is 20.5 Å². The van der Waals surface area contributed by atoms with Gasteiger partial charge in [-0.25, -0.2) is 9.97 Å². The number of benzene rings is 1. The number of aliphatic carboxylic acids is 1. The van der Waals surface area contributed by atoms with E-state index in [1.807, 2.05) is 17.0 Å². The first-order chi connectivity index (χ1) is 18.5. The predicted octanol–water partition coefficient (Wildman–Crippen LogP) is 2.88. The second-order valence-electron chi connectivity index (χ2n) is 10.4. The number of amides is 1. The number of nitrogens with two attached hydrogens (primary N) is 1. The van der Waals surface area contributed by atoms with E-state index in [-0.39, 0.29) is 24.4 Å². The number of unbranched alkanes of at least 4 members (excludes halogenated alkanes) is 2. The summed E-state index contributed by atoms with van der Waals surface area (Å²) in [7, 11) is 0. The third-order valence-corrected chi connectivity index (χ3v) is 7.81. The Morgan fingerprint density at radius 2 is 1.97 bits per heavy atom. The molecule has 0 saturated carbocycles. The summed E-state index contributed by atoms with van der Waals surface area (Å²) < 4.78 is 5.67. The molecule has 0 aliphatic carbocycles. The molecule has 0 spiro atoms. The molecule has 206 valence electrons. The quantitative estimate of drug-likeness (QED) is 0.363.